The van der Waals surface area contributed by atoms with Gasteiger partial charge >= 0.3 is 0 Å². The zero-order chi connectivity index (χ0) is 17.8. The number of carbonyl (C=O) groups excluding carboxylic acids is 1. The van der Waals surface area contributed by atoms with E-state index in [1.807, 2.05) is 19.9 Å². The fourth-order valence-electron chi connectivity index (χ4n) is 4.37. The van der Waals surface area contributed by atoms with Gasteiger partial charge in [-0.2, -0.15) is 0 Å². The molecule has 0 aromatic heterocycles. The van der Waals surface area contributed by atoms with Crippen molar-refractivity contribution in [2.24, 2.45) is 5.92 Å². The fourth-order valence-corrected chi connectivity index (χ4v) is 4.37. The standard InChI is InChI=1S/C20H32O4/c1-13(2)20-10-9-18(4,24-20)16(22)11-15(21)14(3)7-6-8-19(5)17(12-20)23-19/h7,13,16-17,22H,6,8-12H2,1-5H3/t16-,17+,18-,19+,20+/m1/s1. The molecule has 24 heavy (non-hydrogen) atoms. The molecule has 2 fully saturated rings. The minimum absolute atomic E-state index is 0.0204. The van der Waals surface area contributed by atoms with E-state index >= 15 is 0 Å². The minimum Gasteiger partial charge on any atom is -0.390 e. The van der Waals surface area contributed by atoms with Gasteiger partial charge in [0.1, 0.15) is 0 Å². The molecule has 0 aliphatic carbocycles. The normalized spacial score (nSPS) is 46.6. The maximum Gasteiger partial charge on any atom is 0.160 e. The second-order valence-corrected chi connectivity index (χ2v) is 8.83. The van der Waals surface area contributed by atoms with Gasteiger partial charge in [-0.1, -0.05) is 19.9 Å². The summed E-state index contributed by atoms with van der Waals surface area (Å²) in [5.41, 5.74) is -0.278. The van der Waals surface area contributed by atoms with Crippen LogP contribution in [0.4, 0.5) is 0 Å². The summed E-state index contributed by atoms with van der Waals surface area (Å²) in [5.74, 6) is 0.368. The number of carbonyl (C=O) groups is 1. The summed E-state index contributed by atoms with van der Waals surface area (Å²) in [7, 11) is 0. The summed E-state index contributed by atoms with van der Waals surface area (Å²) in [4.78, 5) is 12.4. The van der Waals surface area contributed by atoms with Crippen LogP contribution in [-0.2, 0) is 14.3 Å². The molecule has 0 amide bonds. The van der Waals surface area contributed by atoms with Crippen LogP contribution in [0.1, 0.15) is 73.1 Å². The maximum absolute atomic E-state index is 12.4. The lowest BCUT2D eigenvalue weighted by Gasteiger charge is -2.38. The van der Waals surface area contributed by atoms with Gasteiger partial charge in [-0.3, -0.25) is 4.79 Å². The lowest BCUT2D eigenvalue weighted by molar-refractivity contribution is -0.169. The van der Waals surface area contributed by atoms with E-state index in [9.17, 15) is 9.90 Å². The SMILES string of the molecule is CC1=CCC[C@]2(C)O[C@H]2C[C@]2(C(C)C)CC[C@@](C)(O2)[C@H](O)CC1=O. The molecule has 3 rings (SSSR count). The number of Topliss-reactive ketones (excluding diaryl/α,β-unsaturated/α-hetero) is 1. The Morgan fingerprint density at radius 2 is 1.92 bits per heavy atom. The number of ketones is 1. The number of aliphatic hydroxyl groups excluding tert-OH is 1. The Morgan fingerprint density at radius 3 is 2.58 bits per heavy atom. The number of ether oxygens (including phenoxy) is 2. The molecule has 2 saturated heterocycles. The van der Waals surface area contributed by atoms with Crippen molar-refractivity contribution in [3.63, 3.8) is 0 Å². The van der Waals surface area contributed by atoms with Crippen molar-refractivity contribution in [1.82, 2.24) is 0 Å². The predicted molar refractivity (Wildman–Crippen MR) is 92.8 cm³/mol. The van der Waals surface area contributed by atoms with E-state index in [4.69, 9.17) is 9.47 Å². The molecular weight excluding hydrogens is 304 g/mol. The minimum atomic E-state index is -0.763. The molecule has 3 heterocycles. The number of aliphatic hydroxyl groups is 1. The lowest BCUT2D eigenvalue weighted by Crippen LogP contribution is -2.46. The summed E-state index contributed by atoms with van der Waals surface area (Å²) in [6.45, 7) is 10.3. The number of fused-ring (bicyclic) bond motifs is 3. The Bertz CT molecular complexity index is 554. The van der Waals surface area contributed by atoms with Crippen molar-refractivity contribution >= 4 is 5.78 Å². The number of hydrogen-bond donors (Lipinski definition) is 1. The second-order valence-electron chi connectivity index (χ2n) is 8.83. The molecule has 0 saturated carbocycles. The van der Waals surface area contributed by atoms with Gasteiger partial charge in [0.2, 0.25) is 0 Å². The summed E-state index contributed by atoms with van der Waals surface area (Å²) in [6.07, 6.45) is 5.93. The van der Waals surface area contributed by atoms with Crippen LogP contribution >= 0.6 is 0 Å². The van der Waals surface area contributed by atoms with Crippen LogP contribution in [0.5, 0.6) is 0 Å². The van der Waals surface area contributed by atoms with Crippen molar-refractivity contribution in [3.05, 3.63) is 11.6 Å². The van der Waals surface area contributed by atoms with E-state index in [1.54, 1.807) is 0 Å². The van der Waals surface area contributed by atoms with Crippen molar-refractivity contribution in [2.45, 2.75) is 102 Å². The molecule has 0 spiro atoms. The van der Waals surface area contributed by atoms with Crippen LogP contribution in [0.3, 0.4) is 0 Å². The van der Waals surface area contributed by atoms with Crippen LogP contribution in [-0.4, -0.2) is 39.9 Å². The zero-order valence-corrected chi connectivity index (χ0v) is 15.7. The third kappa shape index (κ3) is 3.09. The first-order valence-electron chi connectivity index (χ1n) is 9.36. The maximum atomic E-state index is 12.4. The second kappa shape index (κ2) is 5.93. The molecule has 0 aromatic rings. The highest BCUT2D eigenvalue weighted by Crippen LogP contribution is 2.53. The molecule has 1 N–H and O–H groups in total. The molecule has 136 valence electrons. The Labute approximate surface area is 145 Å². The Balaban J connectivity index is 1.90. The number of rotatable bonds is 1. The lowest BCUT2D eigenvalue weighted by atomic mass is 9.80. The Morgan fingerprint density at radius 1 is 1.21 bits per heavy atom. The third-order valence-electron chi connectivity index (χ3n) is 6.71. The largest absolute Gasteiger partial charge is 0.390 e. The molecule has 3 aliphatic heterocycles. The summed E-state index contributed by atoms with van der Waals surface area (Å²) < 4.78 is 12.6. The first kappa shape index (κ1) is 18.1. The Hall–Kier alpha value is -0.710. The number of allylic oxidation sites excluding steroid dienone is 2. The molecule has 2 bridgehead atoms. The molecule has 4 heteroatoms. The van der Waals surface area contributed by atoms with Crippen LogP contribution < -0.4 is 0 Å². The van der Waals surface area contributed by atoms with Crippen molar-refractivity contribution in [2.75, 3.05) is 0 Å². The molecule has 5 atom stereocenters. The Kier molecular flexibility index (Phi) is 4.47. The molecular formula is C20H32O4. The van der Waals surface area contributed by atoms with Gasteiger partial charge in [-0.15, -0.1) is 0 Å². The van der Waals surface area contributed by atoms with Crippen LogP contribution in [0, 0.1) is 5.92 Å². The quantitative estimate of drug-likeness (QED) is 0.744. The average Bonchev–Trinajstić information content (AvgIpc) is 2.96. The van der Waals surface area contributed by atoms with E-state index in [0.29, 0.717) is 5.92 Å². The first-order valence-corrected chi connectivity index (χ1v) is 9.36. The van der Waals surface area contributed by atoms with Gasteiger partial charge < -0.3 is 14.6 Å². The van der Waals surface area contributed by atoms with E-state index in [2.05, 4.69) is 20.8 Å². The van der Waals surface area contributed by atoms with Gasteiger partial charge in [0.25, 0.3) is 0 Å². The highest BCUT2D eigenvalue weighted by molar-refractivity contribution is 5.95. The van der Waals surface area contributed by atoms with Gasteiger partial charge in [-0.25, -0.2) is 0 Å². The molecule has 4 nitrogen and oxygen atoms in total. The summed E-state index contributed by atoms with van der Waals surface area (Å²) in [5, 5.41) is 10.7. The topological polar surface area (TPSA) is 59.1 Å². The van der Waals surface area contributed by atoms with Crippen LogP contribution in [0.25, 0.3) is 0 Å². The molecule has 0 radical (unpaired) electrons. The van der Waals surface area contributed by atoms with E-state index in [0.717, 1.165) is 37.7 Å². The van der Waals surface area contributed by atoms with Crippen molar-refractivity contribution < 1.29 is 19.4 Å². The predicted octanol–water partition coefficient (Wildman–Crippen LogP) is 3.56. The van der Waals surface area contributed by atoms with Gasteiger partial charge in [0, 0.05) is 12.8 Å². The van der Waals surface area contributed by atoms with Gasteiger partial charge in [-0.05, 0) is 57.9 Å². The van der Waals surface area contributed by atoms with Gasteiger partial charge in [0.15, 0.2) is 5.78 Å². The highest BCUT2D eigenvalue weighted by Gasteiger charge is 2.59. The van der Waals surface area contributed by atoms with Crippen LogP contribution in [0.2, 0.25) is 0 Å². The van der Waals surface area contributed by atoms with E-state index in [-0.39, 0.29) is 29.5 Å². The van der Waals surface area contributed by atoms with Crippen LogP contribution in [0.15, 0.2) is 11.6 Å². The third-order valence-corrected chi connectivity index (χ3v) is 6.71. The number of epoxide rings is 1. The fraction of sp³-hybridized carbons (Fsp3) is 0.850. The summed E-state index contributed by atoms with van der Waals surface area (Å²) in [6, 6.07) is 0. The summed E-state index contributed by atoms with van der Waals surface area (Å²) >= 11 is 0. The van der Waals surface area contributed by atoms with Crippen molar-refractivity contribution in [3.8, 4) is 0 Å². The number of hydrogen-bond acceptors (Lipinski definition) is 4. The smallest absolute Gasteiger partial charge is 0.160 e. The van der Waals surface area contributed by atoms with Gasteiger partial charge in [0.05, 0.1) is 29.0 Å². The van der Waals surface area contributed by atoms with E-state index in [1.165, 1.54) is 0 Å². The first-order chi connectivity index (χ1) is 11.1. The van der Waals surface area contributed by atoms with Crippen molar-refractivity contribution in [1.29, 1.82) is 0 Å². The molecule has 3 aliphatic rings. The molecule has 0 aromatic carbocycles. The highest BCUT2D eigenvalue weighted by atomic mass is 16.6. The monoisotopic (exact) mass is 336 g/mol. The zero-order valence-electron chi connectivity index (χ0n) is 15.7. The molecule has 0 unspecified atom stereocenters. The average molecular weight is 336 g/mol. The van der Waals surface area contributed by atoms with E-state index < -0.39 is 11.7 Å².